The van der Waals surface area contributed by atoms with Crippen LogP contribution in [-0.4, -0.2) is 25.1 Å². The number of hydrogen-bond donors (Lipinski definition) is 1. The van der Waals surface area contributed by atoms with Gasteiger partial charge in [0.15, 0.2) is 9.84 Å². The van der Waals surface area contributed by atoms with Crippen LogP contribution in [0.25, 0.3) is 10.6 Å². The third-order valence-electron chi connectivity index (χ3n) is 4.08. The molecule has 0 spiro atoms. The normalized spacial score (nSPS) is 11.4. The molecule has 0 saturated carbocycles. The molecule has 5 nitrogen and oxygen atoms in total. The summed E-state index contributed by atoms with van der Waals surface area (Å²) in [6.07, 6.45) is 0.949. The van der Waals surface area contributed by atoms with E-state index in [1.807, 2.05) is 24.3 Å². The van der Waals surface area contributed by atoms with E-state index in [2.05, 4.69) is 17.2 Å². The molecule has 9 heteroatoms. The van der Waals surface area contributed by atoms with Gasteiger partial charge in [-0.1, -0.05) is 54.4 Å². The molecule has 3 rings (SSSR count). The molecule has 1 aromatic heterocycles. The molecule has 0 bridgehead atoms. The third-order valence-corrected chi connectivity index (χ3v) is 7.02. The van der Waals surface area contributed by atoms with Gasteiger partial charge in [0.05, 0.1) is 22.2 Å². The SMILES string of the molecule is CCc1ccc(-c2nc(CS(=O)(=O)CC(=O)Nc3cc(Cl)ccc3Cl)cs2)cc1. The molecule has 152 valence electrons. The summed E-state index contributed by atoms with van der Waals surface area (Å²) in [4.78, 5) is 16.6. The number of benzene rings is 2. The standard InChI is InChI=1S/C20H18Cl2N2O3S2/c1-2-13-3-5-14(6-4-13)20-23-16(10-28-20)11-29(26,27)12-19(25)24-18-9-15(21)7-8-17(18)22/h3-10H,2,11-12H2,1H3,(H,24,25). The number of nitrogens with one attached hydrogen (secondary N) is 1. The first-order valence-corrected chi connectivity index (χ1v) is 12.2. The minimum atomic E-state index is -3.70. The Bertz CT molecular complexity index is 1130. The van der Waals surface area contributed by atoms with Crippen LogP contribution in [-0.2, 0) is 26.8 Å². The summed E-state index contributed by atoms with van der Waals surface area (Å²) in [5.41, 5.74) is 2.84. The number of carbonyl (C=O) groups is 1. The molecule has 0 aliphatic heterocycles. The minimum absolute atomic E-state index is 0.269. The van der Waals surface area contributed by atoms with Crippen molar-refractivity contribution in [3.8, 4) is 10.6 Å². The maximum atomic E-state index is 12.4. The van der Waals surface area contributed by atoms with E-state index in [1.54, 1.807) is 11.4 Å². The summed E-state index contributed by atoms with van der Waals surface area (Å²) in [5, 5.41) is 5.59. The number of hydrogen-bond acceptors (Lipinski definition) is 5. The fraction of sp³-hybridized carbons (Fsp3) is 0.200. The lowest BCUT2D eigenvalue weighted by Crippen LogP contribution is -2.24. The van der Waals surface area contributed by atoms with Crippen molar-refractivity contribution in [1.82, 2.24) is 4.98 Å². The van der Waals surface area contributed by atoms with Crippen LogP contribution >= 0.6 is 34.5 Å². The molecule has 1 heterocycles. The van der Waals surface area contributed by atoms with Crippen LogP contribution in [0.3, 0.4) is 0 Å². The Labute approximate surface area is 183 Å². The quantitative estimate of drug-likeness (QED) is 0.514. The summed E-state index contributed by atoms with van der Waals surface area (Å²) in [5.74, 6) is -1.67. The van der Waals surface area contributed by atoms with Crippen molar-refractivity contribution in [2.45, 2.75) is 19.1 Å². The predicted octanol–water partition coefficient (Wildman–Crippen LogP) is 5.23. The van der Waals surface area contributed by atoms with Crippen LogP contribution < -0.4 is 5.32 Å². The average Bonchev–Trinajstić information content (AvgIpc) is 3.12. The summed E-state index contributed by atoms with van der Waals surface area (Å²) in [7, 11) is -3.70. The number of aromatic nitrogens is 1. The van der Waals surface area contributed by atoms with Gasteiger partial charge in [0, 0.05) is 16.0 Å². The number of sulfone groups is 1. The van der Waals surface area contributed by atoms with Crippen molar-refractivity contribution in [2.24, 2.45) is 0 Å². The fourth-order valence-electron chi connectivity index (χ4n) is 2.64. The number of aryl methyl sites for hydroxylation is 1. The van der Waals surface area contributed by atoms with E-state index in [-0.39, 0.29) is 16.5 Å². The lowest BCUT2D eigenvalue weighted by Gasteiger charge is -2.08. The first-order chi connectivity index (χ1) is 13.8. The molecular weight excluding hydrogens is 451 g/mol. The van der Waals surface area contributed by atoms with Gasteiger partial charge in [-0.25, -0.2) is 13.4 Å². The van der Waals surface area contributed by atoms with Gasteiger partial charge in [-0.05, 0) is 30.2 Å². The van der Waals surface area contributed by atoms with Crippen LogP contribution in [0.4, 0.5) is 5.69 Å². The van der Waals surface area contributed by atoms with Crippen LogP contribution in [0.1, 0.15) is 18.2 Å². The first kappa shape index (κ1) is 21.8. The van der Waals surface area contributed by atoms with E-state index in [0.29, 0.717) is 10.7 Å². The van der Waals surface area contributed by atoms with E-state index < -0.39 is 21.5 Å². The number of halogens is 2. The topological polar surface area (TPSA) is 76.1 Å². The molecule has 3 aromatic rings. The number of anilines is 1. The van der Waals surface area contributed by atoms with Crippen LogP contribution in [0.5, 0.6) is 0 Å². The summed E-state index contributed by atoms with van der Waals surface area (Å²) in [6, 6.07) is 12.6. The highest BCUT2D eigenvalue weighted by Gasteiger charge is 2.20. The summed E-state index contributed by atoms with van der Waals surface area (Å²) < 4.78 is 24.9. The van der Waals surface area contributed by atoms with Gasteiger partial charge in [0.1, 0.15) is 10.8 Å². The van der Waals surface area contributed by atoms with Gasteiger partial charge in [-0.3, -0.25) is 4.79 Å². The molecular formula is C20H18Cl2N2O3S2. The highest BCUT2D eigenvalue weighted by molar-refractivity contribution is 7.91. The summed E-state index contributed by atoms with van der Waals surface area (Å²) >= 11 is 13.2. The Hall–Kier alpha value is -1.93. The zero-order valence-electron chi connectivity index (χ0n) is 15.5. The molecule has 0 atom stereocenters. The minimum Gasteiger partial charge on any atom is -0.324 e. The lowest BCUT2D eigenvalue weighted by molar-refractivity contribution is -0.113. The molecule has 0 fully saturated rings. The van der Waals surface area contributed by atoms with Crippen molar-refractivity contribution in [3.63, 3.8) is 0 Å². The average molecular weight is 469 g/mol. The smallest absolute Gasteiger partial charge is 0.239 e. The monoisotopic (exact) mass is 468 g/mol. The molecule has 0 saturated heterocycles. The van der Waals surface area contributed by atoms with E-state index in [1.165, 1.54) is 29.0 Å². The van der Waals surface area contributed by atoms with Crippen molar-refractivity contribution in [1.29, 1.82) is 0 Å². The second-order valence-electron chi connectivity index (χ2n) is 6.40. The van der Waals surface area contributed by atoms with Crippen molar-refractivity contribution >= 4 is 56.0 Å². The van der Waals surface area contributed by atoms with Crippen LogP contribution in [0.15, 0.2) is 47.8 Å². The van der Waals surface area contributed by atoms with Gasteiger partial charge in [0.2, 0.25) is 5.91 Å². The highest BCUT2D eigenvalue weighted by atomic mass is 35.5. The fourth-order valence-corrected chi connectivity index (χ4v) is 5.08. The molecule has 0 aliphatic rings. The predicted molar refractivity (Wildman–Crippen MR) is 120 cm³/mol. The van der Waals surface area contributed by atoms with Gasteiger partial charge >= 0.3 is 0 Å². The Morgan fingerprint density at radius 3 is 2.55 bits per heavy atom. The maximum absolute atomic E-state index is 12.4. The number of nitrogens with zero attached hydrogens (tertiary/aromatic N) is 1. The zero-order valence-corrected chi connectivity index (χ0v) is 18.6. The van der Waals surface area contributed by atoms with E-state index in [0.717, 1.165) is 17.0 Å². The molecule has 1 N–H and O–H groups in total. The number of thiazole rings is 1. The summed E-state index contributed by atoms with van der Waals surface area (Å²) in [6.45, 7) is 2.08. The molecule has 0 radical (unpaired) electrons. The molecule has 1 amide bonds. The Morgan fingerprint density at radius 1 is 1.14 bits per heavy atom. The Kier molecular flexibility index (Phi) is 6.95. The van der Waals surface area contributed by atoms with Gasteiger partial charge in [0.25, 0.3) is 0 Å². The molecule has 0 unspecified atom stereocenters. The lowest BCUT2D eigenvalue weighted by atomic mass is 10.1. The molecule has 29 heavy (non-hydrogen) atoms. The first-order valence-electron chi connectivity index (χ1n) is 8.75. The van der Waals surface area contributed by atoms with E-state index in [4.69, 9.17) is 23.2 Å². The van der Waals surface area contributed by atoms with Crippen molar-refractivity contribution in [3.05, 3.63) is 69.1 Å². The Balaban J connectivity index is 1.65. The van der Waals surface area contributed by atoms with E-state index in [9.17, 15) is 13.2 Å². The highest BCUT2D eigenvalue weighted by Crippen LogP contribution is 2.26. The largest absolute Gasteiger partial charge is 0.324 e. The van der Waals surface area contributed by atoms with Crippen LogP contribution in [0.2, 0.25) is 10.0 Å². The maximum Gasteiger partial charge on any atom is 0.239 e. The molecule has 0 aliphatic carbocycles. The number of carbonyl (C=O) groups excluding carboxylic acids is 1. The Morgan fingerprint density at radius 2 is 1.86 bits per heavy atom. The second-order valence-corrected chi connectivity index (χ2v) is 10.2. The van der Waals surface area contributed by atoms with Crippen molar-refractivity contribution < 1.29 is 13.2 Å². The van der Waals surface area contributed by atoms with Gasteiger partial charge in [-0.15, -0.1) is 11.3 Å². The van der Waals surface area contributed by atoms with Gasteiger partial charge in [-0.2, -0.15) is 0 Å². The van der Waals surface area contributed by atoms with Crippen LogP contribution in [0, 0.1) is 0 Å². The molecule has 2 aromatic carbocycles. The third kappa shape index (κ3) is 6.02. The zero-order chi connectivity index (χ0) is 21.0. The number of amides is 1. The second kappa shape index (κ2) is 9.26. The van der Waals surface area contributed by atoms with Gasteiger partial charge < -0.3 is 5.32 Å². The van der Waals surface area contributed by atoms with E-state index >= 15 is 0 Å². The number of rotatable bonds is 7. The van der Waals surface area contributed by atoms with Crippen molar-refractivity contribution in [2.75, 3.05) is 11.1 Å².